The Bertz CT molecular complexity index is 253. The van der Waals surface area contributed by atoms with Gasteiger partial charge in [-0.05, 0) is 23.2 Å². The van der Waals surface area contributed by atoms with Crippen molar-refractivity contribution < 1.29 is 4.79 Å². The maximum Gasteiger partial charge on any atom is 0.239 e. The Labute approximate surface area is 79.8 Å². The van der Waals surface area contributed by atoms with Gasteiger partial charge in [0.25, 0.3) is 0 Å². The van der Waals surface area contributed by atoms with Gasteiger partial charge in [-0.3, -0.25) is 0 Å². The molecule has 72 valence electrons. The number of hydrogen-bond donors (Lipinski definition) is 0. The first-order valence-electron chi connectivity index (χ1n) is 4.78. The molecule has 2 nitrogen and oxygen atoms in total. The summed E-state index contributed by atoms with van der Waals surface area (Å²) in [7, 11) is 0. The molecule has 1 fully saturated rings. The van der Waals surface area contributed by atoms with Crippen LogP contribution < -0.4 is 0 Å². The van der Waals surface area contributed by atoms with E-state index in [1.54, 1.807) is 6.20 Å². The highest BCUT2D eigenvalue weighted by molar-refractivity contribution is 5.34. The summed E-state index contributed by atoms with van der Waals surface area (Å²) in [5.41, 5.74) is 0.208. The Morgan fingerprint density at radius 3 is 2.31 bits per heavy atom. The van der Waals surface area contributed by atoms with Gasteiger partial charge < -0.3 is 0 Å². The zero-order valence-corrected chi connectivity index (χ0v) is 8.74. The van der Waals surface area contributed by atoms with Crippen molar-refractivity contribution in [3.8, 4) is 0 Å². The topological polar surface area (TPSA) is 29.4 Å². The van der Waals surface area contributed by atoms with Crippen molar-refractivity contribution in [1.29, 1.82) is 0 Å². The Balaban J connectivity index is 2.72. The lowest BCUT2D eigenvalue weighted by Crippen LogP contribution is -2.49. The average molecular weight is 179 g/mol. The van der Waals surface area contributed by atoms with Crippen LogP contribution in [0.2, 0.25) is 0 Å². The van der Waals surface area contributed by atoms with Crippen molar-refractivity contribution >= 4 is 6.08 Å². The second kappa shape index (κ2) is 3.47. The van der Waals surface area contributed by atoms with Crippen LogP contribution in [0, 0.1) is 23.2 Å². The molecule has 1 aliphatic carbocycles. The molecule has 4 atom stereocenters. The van der Waals surface area contributed by atoms with E-state index in [-0.39, 0.29) is 5.41 Å². The Kier molecular flexibility index (Phi) is 2.72. The zero-order chi connectivity index (χ0) is 10.1. The molecule has 0 aromatic carbocycles. The lowest BCUT2D eigenvalue weighted by atomic mass is 9.49. The molecule has 1 rings (SSSR count). The minimum absolute atomic E-state index is 0.208. The number of hydrogen-bond acceptors (Lipinski definition) is 2. The Morgan fingerprint density at radius 1 is 1.31 bits per heavy atom. The van der Waals surface area contributed by atoms with Crippen molar-refractivity contribution in [1.82, 2.24) is 0 Å². The van der Waals surface area contributed by atoms with E-state index in [4.69, 9.17) is 0 Å². The van der Waals surface area contributed by atoms with Crippen LogP contribution in [0.5, 0.6) is 0 Å². The molecule has 0 aliphatic heterocycles. The minimum atomic E-state index is 0.208. The Hall–Kier alpha value is -0.880. The molecule has 3 unspecified atom stereocenters. The molecule has 0 amide bonds. The molecule has 0 N–H and O–H groups in total. The number of allylic oxidation sites excluding steroid dienone is 1. The fourth-order valence-corrected chi connectivity index (χ4v) is 2.39. The van der Waals surface area contributed by atoms with Crippen molar-refractivity contribution in [3.63, 3.8) is 0 Å². The van der Waals surface area contributed by atoms with Gasteiger partial charge in [0.1, 0.15) is 0 Å². The molecule has 0 saturated heterocycles. The predicted octanol–water partition coefficient (Wildman–Crippen LogP) is 2.76. The fourth-order valence-electron chi connectivity index (χ4n) is 2.39. The monoisotopic (exact) mass is 179 g/mol. The van der Waals surface area contributed by atoms with Gasteiger partial charge in [-0.2, -0.15) is 4.99 Å². The van der Waals surface area contributed by atoms with Crippen LogP contribution in [0.15, 0.2) is 17.3 Å². The number of rotatable bonds is 2. The second-order valence-corrected chi connectivity index (χ2v) is 4.34. The maximum absolute atomic E-state index is 9.88. The van der Waals surface area contributed by atoms with Gasteiger partial charge in [0.15, 0.2) is 0 Å². The van der Waals surface area contributed by atoms with Crippen LogP contribution in [0.4, 0.5) is 0 Å². The highest BCUT2D eigenvalue weighted by Gasteiger charge is 2.50. The summed E-state index contributed by atoms with van der Waals surface area (Å²) in [5, 5.41) is 0. The third kappa shape index (κ3) is 1.47. The van der Waals surface area contributed by atoms with Crippen LogP contribution in [0.3, 0.4) is 0 Å². The first-order chi connectivity index (χ1) is 6.04. The smallest absolute Gasteiger partial charge is 0.211 e. The lowest BCUT2D eigenvalue weighted by molar-refractivity contribution is -0.0394. The van der Waals surface area contributed by atoms with Crippen molar-refractivity contribution in [2.75, 3.05) is 0 Å². The van der Waals surface area contributed by atoms with Crippen molar-refractivity contribution in [3.05, 3.63) is 12.3 Å². The van der Waals surface area contributed by atoms with Crippen molar-refractivity contribution in [2.24, 2.45) is 28.2 Å². The molecule has 0 bridgehead atoms. The number of carbonyl (C=O) groups excluding carboxylic acids is 1. The van der Waals surface area contributed by atoms with E-state index in [0.29, 0.717) is 11.8 Å². The fraction of sp³-hybridized carbons (Fsp3) is 0.727. The molecule has 0 spiro atoms. The van der Waals surface area contributed by atoms with Gasteiger partial charge >= 0.3 is 0 Å². The van der Waals surface area contributed by atoms with Crippen LogP contribution in [-0.2, 0) is 4.79 Å². The summed E-state index contributed by atoms with van der Waals surface area (Å²) in [4.78, 5) is 13.3. The highest BCUT2D eigenvalue weighted by Crippen LogP contribution is 2.56. The van der Waals surface area contributed by atoms with E-state index in [2.05, 4.69) is 32.7 Å². The molecule has 0 radical (unpaired) electrons. The maximum atomic E-state index is 9.88. The van der Waals surface area contributed by atoms with Gasteiger partial charge in [-0.1, -0.05) is 33.8 Å². The van der Waals surface area contributed by atoms with E-state index in [1.807, 2.05) is 6.08 Å². The quantitative estimate of drug-likeness (QED) is 0.473. The summed E-state index contributed by atoms with van der Waals surface area (Å²) >= 11 is 0. The third-order valence-corrected chi connectivity index (χ3v) is 4.10. The van der Waals surface area contributed by atoms with Crippen LogP contribution >= 0.6 is 0 Å². The first kappa shape index (κ1) is 10.2. The number of nitrogens with zero attached hydrogens (tertiary/aromatic N) is 1. The van der Waals surface area contributed by atoms with Crippen LogP contribution in [0.25, 0.3) is 0 Å². The predicted molar refractivity (Wildman–Crippen MR) is 52.9 cm³/mol. The molecule has 0 heterocycles. The summed E-state index contributed by atoms with van der Waals surface area (Å²) in [6, 6.07) is 0. The normalized spacial score (nSPS) is 44.2. The van der Waals surface area contributed by atoms with E-state index in [1.165, 1.54) is 6.08 Å². The summed E-state index contributed by atoms with van der Waals surface area (Å²) in [5.74, 6) is 2.09. The van der Waals surface area contributed by atoms with E-state index >= 15 is 0 Å². The molecule has 13 heavy (non-hydrogen) atoms. The molecule has 0 aromatic heterocycles. The van der Waals surface area contributed by atoms with E-state index in [9.17, 15) is 4.79 Å². The first-order valence-corrected chi connectivity index (χ1v) is 4.78. The molecular weight excluding hydrogens is 162 g/mol. The van der Waals surface area contributed by atoms with E-state index < -0.39 is 0 Å². The van der Waals surface area contributed by atoms with E-state index in [0.717, 1.165) is 5.92 Å². The largest absolute Gasteiger partial charge is 0.239 e. The lowest BCUT2D eigenvalue weighted by Gasteiger charge is -2.55. The highest BCUT2D eigenvalue weighted by atomic mass is 16.1. The van der Waals surface area contributed by atoms with Crippen molar-refractivity contribution in [2.45, 2.75) is 27.7 Å². The molecular formula is C11H17NO. The standard InChI is InChI=1S/C11H17NO/c1-8-9(2)11(4,10(8)3)5-6-12-7-13/h5-6,8-10H,1-4H3/b6-5+/t8?,9-,10?,11?/m0/s1. The molecule has 1 aliphatic rings. The molecule has 2 heteroatoms. The summed E-state index contributed by atoms with van der Waals surface area (Å²) in [6.45, 7) is 8.99. The van der Waals surface area contributed by atoms with Gasteiger partial charge in [-0.15, -0.1) is 0 Å². The SMILES string of the molecule is CC1C(C)C(C)(/C=C/N=C=O)[C@H]1C. The zero-order valence-electron chi connectivity index (χ0n) is 8.74. The van der Waals surface area contributed by atoms with Crippen LogP contribution in [-0.4, -0.2) is 6.08 Å². The van der Waals surface area contributed by atoms with Gasteiger partial charge in [0.2, 0.25) is 6.08 Å². The number of isocyanates is 1. The summed E-state index contributed by atoms with van der Waals surface area (Å²) < 4.78 is 0. The molecule has 0 aromatic rings. The average Bonchev–Trinajstić information content (AvgIpc) is 2.15. The Morgan fingerprint density at radius 2 is 1.85 bits per heavy atom. The van der Waals surface area contributed by atoms with Crippen LogP contribution in [0.1, 0.15) is 27.7 Å². The molecule has 1 saturated carbocycles. The van der Waals surface area contributed by atoms with Gasteiger partial charge in [-0.25, -0.2) is 4.79 Å². The third-order valence-electron chi connectivity index (χ3n) is 4.10. The minimum Gasteiger partial charge on any atom is -0.211 e. The van der Waals surface area contributed by atoms with Gasteiger partial charge in [0.05, 0.1) is 0 Å². The van der Waals surface area contributed by atoms with Gasteiger partial charge in [0, 0.05) is 6.20 Å². The number of aliphatic imine (C=N–C) groups is 1. The summed E-state index contributed by atoms with van der Waals surface area (Å²) in [6.07, 6.45) is 5.13. The second-order valence-electron chi connectivity index (χ2n) is 4.34.